The second-order valence-corrected chi connectivity index (χ2v) is 5.62. The zero-order chi connectivity index (χ0) is 13.5. The Morgan fingerprint density at radius 2 is 1.44 bits per heavy atom. The van der Waals surface area contributed by atoms with Gasteiger partial charge < -0.3 is 5.11 Å². The number of hydrogen-bond donors (Lipinski definition) is 1. The first kappa shape index (κ1) is 13.2. The molecule has 1 saturated carbocycles. The summed E-state index contributed by atoms with van der Waals surface area (Å²) >= 11 is 0. The SMILES string of the molecule is CC1=C(C)C(=O)C(CC2(O)CCCC2)=C(C)C1=O. The van der Waals surface area contributed by atoms with Crippen LogP contribution in [-0.4, -0.2) is 22.3 Å². The summed E-state index contributed by atoms with van der Waals surface area (Å²) < 4.78 is 0. The zero-order valence-corrected chi connectivity index (χ0v) is 11.3. The molecule has 3 heteroatoms. The molecular formula is C15H20O3. The van der Waals surface area contributed by atoms with E-state index in [2.05, 4.69) is 0 Å². The molecule has 98 valence electrons. The van der Waals surface area contributed by atoms with E-state index >= 15 is 0 Å². The van der Waals surface area contributed by atoms with Gasteiger partial charge in [-0.2, -0.15) is 0 Å². The number of rotatable bonds is 2. The number of carbonyl (C=O) groups excluding carboxylic acids is 2. The fraction of sp³-hybridized carbons (Fsp3) is 0.600. The van der Waals surface area contributed by atoms with Gasteiger partial charge in [0.1, 0.15) is 0 Å². The molecule has 2 rings (SSSR count). The largest absolute Gasteiger partial charge is 0.390 e. The lowest BCUT2D eigenvalue weighted by molar-refractivity contribution is -0.117. The molecule has 1 fully saturated rings. The minimum absolute atomic E-state index is 0.0521. The van der Waals surface area contributed by atoms with Gasteiger partial charge in [-0.05, 0) is 33.6 Å². The molecule has 18 heavy (non-hydrogen) atoms. The maximum atomic E-state index is 12.2. The predicted molar refractivity (Wildman–Crippen MR) is 69.1 cm³/mol. The number of allylic oxidation sites excluding steroid dienone is 3. The normalized spacial score (nSPS) is 24.2. The quantitative estimate of drug-likeness (QED) is 0.764. The Morgan fingerprint density at radius 3 is 2.00 bits per heavy atom. The Bertz CT molecular complexity index is 474. The molecule has 0 saturated heterocycles. The van der Waals surface area contributed by atoms with Crippen LogP contribution in [-0.2, 0) is 9.59 Å². The Labute approximate surface area is 108 Å². The molecule has 0 atom stereocenters. The summed E-state index contributed by atoms with van der Waals surface area (Å²) in [5.41, 5.74) is 1.33. The van der Waals surface area contributed by atoms with Crippen molar-refractivity contribution >= 4 is 11.6 Å². The third-order valence-electron chi connectivity index (χ3n) is 4.35. The molecule has 0 spiro atoms. The van der Waals surface area contributed by atoms with Crippen LogP contribution in [0.2, 0.25) is 0 Å². The summed E-state index contributed by atoms with van der Waals surface area (Å²) in [6, 6.07) is 0. The average molecular weight is 248 g/mol. The molecular weight excluding hydrogens is 228 g/mol. The van der Waals surface area contributed by atoms with Gasteiger partial charge in [0.15, 0.2) is 11.6 Å². The minimum atomic E-state index is -0.780. The van der Waals surface area contributed by atoms with E-state index in [1.807, 2.05) is 0 Å². The lowest BCUT2D eigenvalue weighted by atomic mass is 9.80. The van der Waals surface area contributed by atoms with E-state index in [1.165, 1.54) is 0 Å². The molecule has 0 aromatic rings. The number of Topliss-reactive ketones (excluding diaryl/α,β-unsaturated/α-hetero) is 2. The number of aliphatic hydroxyl groups is 1. The number of hydrogen-bond acceptors (Lipinski definition) is 3. The first-order valence-corrected chi connectivity index (χ1v) is 6.55. The van der Waals surface area contributed by atoms with Gasteiger partial charge >= 0.3 is 0 Å². The molecule has 3 nitrogen and oxygen atoms in total. The van der Waals surface area contributed by atoms with Crippen molar-refractivity contribution < 1.29 is 14.7 Å². The summed E-state index contributed by atoms with van der Waals surface area (Å²) in [4.78, 5) is 24.3. The van der Waals surface area contributed by atoms with Crippen LogP contribution in [0.5, 0.6) is 0 Å². The van der Waals surface area contributed by atoms with E-state index < -0.39 is 5.60 Å². The number of carbonyl (C=O) groups is 2. The second-order valence-electron chi connectivity index (χ2n) is 5.62. The van der Waals surface area contributed by atoms with Gasteiger partial charge in [0.25, 0.3) is 0 Å². The van der Waals surface area contributed by atoms with Crippen LogP contribution in [0.3, 0.4) is 0 Å². The third kappa shape index (κ3) is 2.07. The lowest BCUT2D eigenvalue weighted by Gasteiger charge is -2.26. The summed E-state index contributed by atoms with van der Waals surface area (Å²) in [7, 11) is 0. The van der Waals surface area contributed by atoms with Gasteiger partial charge in [-0.15, -0.1) is 0 Å². The van der Waals surface area contributed by atoms with Crippen molar-refractivity contribution in [1.82, 2.24) is 0 Å². The monoisotopic (exact) mass is 248 g/mol. The summed E-state index contributed by atoms with van der Waals surface area (Å²) in [6.07, 6.45) is 3.78. The van der Waals surface area contributed by atoms with Gasteiger partial charge in [0, 0.05) is 28.7 Å². The molecule has 0 amide bonds. The molecule has 1 N–H and O–H groups in total. The van der Waals surface area contributed by atoms with Crippen molar-refractivity contribution in [3.8, 4) is 0 Å². The Kier molecular flexibility index (Phi) is 3.28. The lowest BCUT2D eigenvalue weighted by Crippen LogP contribution is -2.30. The second kappa shape index (κ2) is 4.47. The van der Waals surface area contributed by atoms with Crippen molar-refractivity contribution in [1.29, 1.82) is 0 Å². The van der Waals surface area contributed by atoms with E-state index in [0.717, 1.165) is 25.7 Å². The van der Waals surface area contributed by atoms with Crippen molar-refractivity contribution in [2.24, 2.45) is 0 Å². The fourth-order valence-corrected chi connectivity index (χ4v) is 2.91. The van der Waals surface area contributed by atoms with E-state index in [1.54, 1.807) is 20.8 Å². The van der Waals surface area contributed by atoms with Crippen molar-refractivity contribution in [3.05, 3.63) is 22.3 Å². The van der Waals surface area contributed by atoms with Crippen LogP contribution in [0.25, 0.3) is 0 Å². The van der Waals surface area contributed by atoms with Crippen LogP contribution in [0.1, 0.15) is 52.9 Å². The van der Waals surface area contributed by atoms with Crippen molar-refractivity contribution in [2.45, 2.75) is 58.5 Å². The average Bonchev–Trinajstić information content (AvgIpc) is 2.77. The Hall–Kier alpha value is -1.22. The molecule has 0 aromatic heterocycles. The van der Waals surface area contributed by atoms with Crippen LogP contribution in [0, 0.1) is 0 Å². The van der Waals surface area contributed by atoms with E-state index in [4.69, 9.17) is 0 Å². The molecule has 0 aromatic carbocycles. The topological polar surface area (TPSA) is 54.4 Å². The molecule has 0 heterocycles. The maximum absolute atomic E-state index is 12.2. The molecule has 0 bridgehead atoms. The molecule has 2 aliphatic carbocycles. The van der Waals surface area contributed by atoms with E-state index in [9.17, 15) is 14.7 Å². The van der Waals surface area contributed by atoms with Crippen molar-refractivity contribution in [3.63, 3.8) is 0 Å². The zero-order valence-electron chi connectivity index (χ0n) is 11.3. The molecule has 0 radical (unpaired) electrons. The molecule has 0 aliphatic heterocycles. The summed E-state index contributed by atoms with van der Waals surface area (Å²) in [5, 5.41) is 10.4. The predicted octanol–water partition coefficient (Wildman–Crippen LogP) is 2.49. The smallest absolute Gasteiger partial charge is 0.185 e. The fourth-order valence-electron chi connectivity index (χ4n) is 2.91. The highest BCUT2D eigenvalue weighted by Gasteiger charge is 2.37. The Balaban J connectivity index is 2.32. The van der Waals surface area contributed by atoms with Crippen molar-refractivity contribution in [2.75, 3.05) is 0 Å². The number of ketones is 2. The Morgan fingerprint density at radius 1 is 0.944 bits per heavy atom. The summed E-state index contributed by atoms with van der Waals surface area (Å²) in [5.74, 6) is -0.117. The van der Waals surface area contributed by atoms with Gasteiger partial charge in [-0.3, -0.25) is 9.59 Å². The standard InChI is InChI=1S/C15H20O3/c1-9-10(2)14(17)12(11(3)13(9)16)8-15(18)6-4-5-7-15/h18H,4-8H2,1-3H3. The summed E-state index contributed by atoms with van der Waals surface area (Å²) in [6.45, 7) is 5.09. The van der Waals surface area contributed by atoms with E-state index in [0.29, 0.717) is 28.7 Å². The van der Waals surface area contributed by atoms with Gasteiger partial charge in [-0.25, -0.2) is 0 Å². The first-order chi connectivity index (χ1) is 8.36. The van der Waals surface area contributed by atoms with Crippen LogP contribution < -0.4 is 0 Å². The maximum Gasteiger partial charge on any atom is 0.185 e. The highest BCUT2D eigenvalue weighted by atomic mass is 16.3. The molecule has 2 aliphatic rings. The highest BCUT2D eigenvalue weighted by Crippen LogP contribution is 2.38. The third-order valence-corrected chi connectivity index (χ3v) is 4.35. The van der Waals surface area contributed by atoms with Crippen LogP contribution >= 0.6 is 0 Å². The van der Waals surface area contributed by atoms with Crippen LogP contribution in [0.15, 0.2) is 22.3 Å². The van der Waals surface area contributed by atoms with Crippen LogP contribution in [0.4, 0.5) is 0 Å². The molecule has 0 unspecified atom stereocenters. The highest BCUT2D eigenvalue weighted by molar-refractivity contribution is 6.24. The minimum Gasteiger partial charge on any atom is -0.390 e. The first-order valence-electron chi connectivity index (χ1n) is 6.55. The van der Waals surface area contributed by atoms with Gasteiger partial charge in [0.05, 0.1) is 5.60 Å². The van der Waals surface area contributed by atoms with E-state index in [-0.39, 0.29) is 11.6 Å². The van der Waals surface area contributed by atoms with Gasteiger partial charge in [-0.1, -0.05) is 12.8 Å². The van der Waals surface area contributed by atoms with Gasteiger partial charge in [0.2, 0.25) is 0 Å².